The van der Waals surface area contributed by atoms with E-state index in [2.05, 4.69) is 12.0 Å². The van der Waals surface area contributed by atoms with Crippen molar-refractivity contribution in [3.8, 4) is 0 Å². The van der Waals surface area contributed by atoms with E-state index in [0.29, 0.717) is 18.2 Å². The Morgan fingerprint density at radius 1 is 1.69 bits per heavy atom. The predicted octanol–water partition coefficient (Wildman–Crippen LogP) is 0.229. The van der Waals surface area contributed by atoms with Crippen LogP contribution < -0.4 is 5.73 Å². The van der Waals surface area contributed by atoms with Gasteiger partial charge in [0.1, 0.15) is 5.69 Å². The number of aromatic nitrogens is 2. The summed E-state index contributed by atoms with van der Waals surface area (Å²) in [6.45, 7) is 3.48. The summed E-state index contributed by atoms with van der Waals surface area (Å²) in [5.41, 5.74) is 6.36. The zero-order valence-electron chi connectivity index (χ0n) is 9.76. The van der Waals surface area contributed by atoms with E-state index in [1.54, 1.807) is 24.0 Å². The Morgan fingerprint density at radius 3 is 3.00 bits per heavy atom. The SMILES string of the molecule is CC1CCN(C(=O)c2ccnn2C)C1CN. The second-order valence-corrected chi connectivity index (χ2v) is 4.41. The fraction of sp³-hybridized carbons (Fsp3) is 0.636. The molecule has 16 heavy (non-hydrogen) atoms. The van der Waals surface area contributed by atoms with E-state index in [9.17, 15) is 4.79 Å². The molecular formula is C11H18N4O. The Bertz CT molecular complexity index is 387. The van der Waals surface area contributed by atoms with Crippen LogP contribution in [-0.4, -0.2) is 39.7 Å². The van der Waals surface area contributed by atoms with Gasteiger partial charge in [-0.15, -0.1) is 0 Å². The van der Waals surface area contributed by atoms with Crippen LogP contribution in [0.15, 0.2) is 12.3 Å². The van der Waals surface area contributed by atoms with Crippen LogP contribution in [0.3, 0.4) is 0 Å². The number of carbonyl (C=O) groups excluding carboxylic acids is 1. The molecule has 2 unspecified atom stereocenters. The predicted molar refractivity (Wildman–Crippen MR) is 60.9 cm³/mol. The largest absolute Gasteiger partial charge is 0.333 e. The van der Waals surface area contributed by atoms with Crippen molar-refractivity contribution in [3.63, 3.8) is 0 Å². The molecule has 1 aromatic rings. The Kier molecular flexibility index (Phi) is 2.96. The first-order valence-electron chi connectivity index (χ1n) is 5.64. The van der Waals surface area contributed by atoms with Gasteiger partial charge in [0.25, 0.3) is 5.91 Å². The van der Waals surface area contributed by atoms with Crippen molar-refractivity contribution in [2.24, 2.45) is 18.7 Å². The Labute approximate surface area is 95.2 Å². The fourth-order valence-corrected chi connectivity index (χ4v) is 2.35. The number of hydrogen-bond donors (Lipinski definition) is 1. The third kappa shape index (κ3) is 1.71. The summed E-state index contributed by atoms with van der Waals surface area (Å²) in [4.78, 5) is 14.1. The highest BCUT2D eigenvalue weighted by Crippen LogP contribution is 2.24. The van der Waals surface area contributed by atoms with Gasteiger partial charge in [0.05, 0.1) is 0 Å². The van der Waals surface area contributed by atoms with Crippen molar-refractivity contribution in [1.82, 2.24) is 14.7 Å². The van der Waals surface area contributed by atoms with Gasteiger partial charge in [-0.2, -0.15) is 5.10 Å². The second kappa shape index (κ2) is 4.25. The molecular weight excluding hydrogens is 204 g/mol. The minimum atomic E-state index is 0.0415. The van der Waals surface area contributed by atoms with Gasteiger partial charge in [0, 0.05) is 32.4 Å². The lowest BCUT2D eigenvalue weighted by Crippen LogP contribution is -2.42. The first-order chi connectivity index (χ1) is 7.65. The van der Waals surface area contributed by atoms with E-state index in [1.165, 1.54) is 0 Å². The fourth-order valence-electron chi connectivity index (χ4n) is 2.35. The Morgan fingerprint density at radius 2 is 2.44 bits per heavy atom. The van der Waals surface area contributed by atoms with Crippen LogP contribution in [0.25, 0.3) is 0 Å². The number of likely N-dealkylation sites (tertiary alicyclic amines) is 1. The Hall–Kier alpha value is -1.36. The molecule has 0 spiro atoms. The van der Waals surface area contributed by atoms with Crippen molar-refractivity contribution in [1.29, 1.82) is 0 Å². The quantitative estimate of drug-likeness (QED) is 0.779. The number of nitrogens with zero attached hydrogens (tertiary/aromatic N) is 3. The summed E-state index contributed by atoms with van der Waals surface area (Å²) < 4.78 is 1.61. The van der Waals surface area contributed by atoms with Crippen molar-refractivity contribution in [2.45, 2.75) is 19.4 Å². The van der Waals surface area contributed by atoms with E-state index < -0.39 is 0 Å². The van der Waals surface area contributed by atoms with Crippen LogP contribution in [-0.2, 0) is 7.05 Å². The molecule has 5 nitrogen and oxygen atoms in total. The molecule has 0 bridgehead atoms. The zero-order chi connectivity index (χ0) is 11.7. The summed E-state index contributed by atoms with van der Waals surface area (Å²) in [5.74, 6) is 0.530. The van der Waals surface area contributed by atoms with E-state index in [0.717, 1.165) is 13.0 Å². The minimum Gasteiger partial charge on any atom is -0.333 e. The van der Waals surface area contributed by atoms with Crippen LogP contribution in [0.5, 0.6) is 0 Å². The highest BCUT2D eigenvalue weighted by Gasteiger charge is 2.34. The van der Waals surface area contributed by atoms with Crippen molar-refractivity contribution in [2.75, 3.05) is 13.1 Å². The maximum absolute atomic E-state index is 12.3. The standard InChI is InChI=1S/C11H18N4O/c1-8-4-6-15(10(8)7-12)11(16)9-3-5-13-14(9)2/h3,5,8,10H,4,6-7,12H2,1-2H3. The maximum Gasteiger partial charge on any atom is 0.272 e. The molecule has 2 heterocycles. The molecule has 2 N–H and O–H groups in total. The molecule has 1 aromatic heterocycles. The zero-order valence-corrected chi connectivity index (χ0v) is 9.76. The molecule has 0 saturated carbocycles. The van der Waals surface area contributed by atoms with Gasteiger partial charge < -0.3 is 10.6 Å². The molecule has 1 fully saturated rings. The van der Waals surface area contributed by atoms with Gasteiger partial charge in [0.15, 0.2) is 0 Å². The number of rotatable bonds is 2. The maximum atomic E-state index is 12.3. The first kappa shape index (κ1) is 11.1. The third-order valence-electron chi connectivity index (χ3n) is 3.42. The first-order valence-corrected chi connectivity index (χ1v) is 5.64. The lowest BCUT2D eigenvalue weighted by Gasteiger charge is -2.25. The summed E-state index contributed by atoms with van der Waals surface area (Å²) in [7, 11) is 1.78. The van der Waals surface area contributed by atoms with E-state index in [4.69, 9.17) is 5.73 Å². The number of carbonyl (C=O) groups is 1. The highest BCUT2D eigenvalue weighted by molar-refractivity contribution is 5.93. The average molecular weight is 222 g/mol. The van der Waals surface area contributed by atoms with Gasteiger partial charge in [-0.25, -0.2) is 0 Å². The van der Waals surface area contributed by atoms with Gasteiger partial charge in [-0.05, 0) is 18.4 Å². The van der Waals surface area contributed by atoms with Crippen molar-refractivity contribution < 1.29 is 4.79 Å². The molecule has 1 aliphatic rings. The van der Waals surface area contributed by atoms with Crippen LogP contribution in [0.1, 0.15) is 23.8 Å². The molecule has 1 saturated heterocycles. The molecule has 1 aliphatic heterocycles. The molecule has 0 aliphatic carbocycles. The minimum absolute atomic E-state index is 0.0415. The number of amides is 1. The van der Waals surface area contributed by atoms with Gasteiger partial charge in [0.2, 0.25) is 0 Å². The lowest BCUT2D eigenvalue weighted by atomic mass is 10.0. The molecule has 2 rings (SSSR count). The second-order valence-electron chi connectivity index (χ2n) is 4.41. The summed E-state index contributed by atoms with van der Waals surface area (Å²) in [6, 6.07) is 1.92. The van der Waals surface area contributed by atoms with Crippen molar-refractivity contribution >= 4 is 5.91 Å². The highest BCUT2D eigenvalue weighted by atomic mass is 16.2. The smallest absolute Gasteiger partial charge is 0.272 e. The van der Waals surface area contributed by atoms with Crippen LogP contribution in [0.4, 0.5) is 0 Å². The molecule has 2 atom stereocenters. The van der Waals surface area contributed by atoms with Crippen LogP contribution in [0, 0.1) is 5.92 Å². The number of aryl methyl sites for hydroxylation is 1. The van der Waals surface area contributed by atoms with E-state index in [-0.39, 0.29) is 11.9 Å². The van der Waals surface area contributed by atoms with Gasteiger partial charge in [-0.1, -0.05) is 6.92 Å². The summed E-state index contributed by atoms with van der Waals surface area (Å²) >= 11 is 0. The van der Waals surface area contributed by atoms with Crippen molar-refractivity contribution in [3.05, 3.63) is 18.0 Å². The number of hydrogen-bond acceptors (Lipinski definition) is 3. The van der Waals surface area contributed by atoms with Crippen LogP contribution >= 0.6 is 0 Å². The van der Waals surface area contributed by atoms with E-state index in [1.807, 2.05) is 4.90 Å². The van der Waals surface area contributed by atoms with Crippen LogP contribution in [0.2, 0.25) is 0 Å². The molecule has 1 amide bonds. The molecule has 88 valence electrons. The average Bonchev–Trinajstić information content (AvgIpc) is 2.83. The van der Waals surface area contributed by atoms with E-state index >= 15 is 0 Å². The lowest BCUT2D eigenvalue weighted by molar-refractivity contribution is 0.0716. The molecule has 0 radical (unpaired) electrons. The third-order valence-corrected chi connectivity index (χ3v) is 3.42. The van der Waals surface area contributed by atoms with Gasteiger partial charge in [-0.3, -0.25) is 9.48 Å². The normalized spacial score (nSPS) is 25.1. The van der Waals surface area contributed by atoms with Gasteiger partial charge >= 0.3 is 0 Å². The summed E-state index contributed by atoms with van der Waals surface area (Å²) in [6.07, 6.45) is 2.68. The number of nitrogens with two attached hydrogens (primary N) is 1. The topological polar surface area (TPSA) is 64.2 Å². The molecule has 5 heteroatoms. The summed E-state index contributed by atoms with van der Waals surface area (Å²) in [5, 5.41) is 4.02. The Balaban J connectivity index is 2.20. The monoisotopic (exact) mass is 222 g/mol. The molecule has 0 aromatic carbocycles.